The zero-order valence-corrected chi connectivity index (χ0v) is 8.64. The molecule has 0 aromatic carbocycles. The first kappa shape index (κ1) is 11.9. The van der Waals surface area contributed by atoms with Crippen LogP contribution in [0.4, 0.5) is 0 Å². The molecule has 0 aromatic rings. The van der Waals surface area contributed by atoms with Gasteiger partial charge in [0.2, 0.25) is 5.91 Å². The lowest BCUT2D eigenvalue weighted by Crippen LogP contribution is -2.44. The lowest BCUT2D eigenvalue weighted by atomic mass is 10.0. The molecular formula is C9H17NO3. The third-order valence-corrected chi connectivity index (χ3v) is 1.41. The van der Waals surface area contributed by atoms with Crippen molar-refractivity contribution in [3.8, 4) is 0 Å². The molecule has 0 aromatic heterocycles. The second-order valence-electron chi connectivity index (χ2n) is 3.55. The third kappa shape index (κ3) is 6.13. The normalized spacial score (nSPS) is 10.8. The molecule has 0 rings (SSSR count). The molecule has 0 aliphatic rings. The van der Waals surface area contributed by atoms with Crippen LogP contribution in [0.3, 0.4) is 0 Å². The van der Waals surface area contributed by atoms with E-state index >= 15 is 0 Å². The van der Waals surface area contributed by atoms with E-state index in [0.717, 1.165) is 0 Å². The summed E-state index contributed by atoms with van der Waals surface area (Å²) in [5, 5.41) is 2.67. The zero-order chi connectivity index (χ0) is 10.5. The number of esters is 1. The number of carbonyl (C=O) groups excluding carboxylic acids is 2. The molecule has 4 nitrogen and oxygen atoms in total. The van der Waals surface area contributed by atoms with E-state index in [9.17, 15) is 9.59 Å². The van der Waals surface area contributed by atoms with Gasteiger partial charge in [0.1, 0.15) is 0 Å². The summed E-state index contributed by atoms with van der Waals surface area (Å²) >= 11 is 0. The van der Waals surface area contributed by atoms with Crippen LogP contribution in [0.15, 0.2) is 0 Å². The number of amides is 1. The fourth-order valence-corrected chi connectivity index (χ4v) is 1.09. The molecule has 0 unspecified atom stereocenters. The molecule has 1 N–H and O–H groups in total. The van der Waals surface area contributed by atoms with Crippen molar-refractivity contribution in [2.45, 2.75) is 39.7 Å². The van der Waals surface area contributed by atoms with Gasteiger partial charge in [0.05, 0.1) is 13.0 Å². The lowest BCUT2D eigenvalue weighted by molar-refractivity contribution is -0.144. The maximum Gasteiger partial charge on any atom is 0.308 e. The van der Waals surface area contributed by atoms with Gasteiger partial charge in [-0.25, -0.2) is 0 Å². The summed E-state index contributed by atoms with van der Waals surface area (Å²) in [7, 11) is 0. The van der Waals surface area contributed by atoms with Gasteiger partial charge in [0, 0.05) is 12.5 Å². The predicted molar refractivity (Wildman–Crippen MR) is 49.1 cm³/mol. The molecule has 13 heavy (non-hydrogen) atoms. The highest BCUT2D eigenvalue weighted by atomic mass is 16.5. The molecular weight excluding hydrogens is 170 g/mol. The molecule has 0 fully saturated rings. The summed E-state index contributed by atoms with van der Waals surface area (Å²) in [4.78, 5) is 21.8. The minimum absolute atomic E-state index is 0.144. The van der Waals surface area contributed by atoms with Gasteiger partial charge in [0.25, 0.3) is 0 Å². The maximum absolute atomic E-state index is 11.1. The largest absolute Gasteiger partial charge is 0.466 e. The smallest absolute Gasteiger partial charge is 0.308 e. The van der Waals surface area contributed by atoms with Gasteiger partial charge in [-0.1, -0.05) is 0 Å². The molecule has 0 saturated carbocycles. The van der Waals surface area contributed by atoms with E-state index in [1.165, 1.54) is 6.92 Å². The molecule has 0 saturated heterocycles. The van der Waals surface area contributed by atoms with Gasteiger partial charge in [0.15, 0.2) is 0 Å². The van der Waals surface area contributed by atoms with Crippen molar-refractivity contribution in [2.75, 3.05) is 6.61 Å². The fraction of sp³-hybridized carbons (Fsp3) is 0.778. The standard InChI is InChI=1S/C9H17NO3/c1-5-13-8(12)6-9(3,4)10-7(2)11/h5-6H2,1-4H3,(H,10,11). The molecule has 0 aliphatic carbocycles. The molecule has 4 heteroatoms. The van der Waals surface area contributed by atoms with Crippen LogP contribution >= 0.6 is 0 Å². The molecule has 0 atom stereocenters. The van der Waals surface area contributed by atoms with Crippen molar-refractivity contribution >= 4 is 11.9 Å². The van der Waals surface area contributed by atoms with Crippen LogP contribution in [-0.4, -0.2) is 24.0 Å². The number of ether oxygens (including phenoxy) is 1. The number of carbonyl (C=O) groups is 2. The van der Waals surface area contributed by atoms with E-state index in [2.05, 4.69) is 5.32 Å². The second kappa shape index (κ2) is 4.84. The molecule has 0 aliphatic heterocycles. The summed E-state index contributed by atoms with van der Waals surface area (Å²) in [5.41, 5.74) is -0.530. The Labute approximate surface area is 78.6 Å². The van der Waals surface area contributed by atoms with Crippen molar-refractivity contribution in [1.82, 2.24) is 5.32 Å². The van der Waals surface area contributed by atoms with Crippen LogP contribution in [0.25, 0.3) is 0 Å². The zero-order valence-electron chi connectivity index (χ0n) is 8.64. The number of hydrogen-bond acceptors (Lipinski definition) is 3. The summed E-state index contributed by atoms with van der Waals surface area (Å²) in [5.74, 6) is -0.435. The van der Waals surface area contributed by atoms with E-state index in [1.807, 2.05) is 0 Å². The quantitative estimate of drug-likeness (QED) is 0.664. The van der Waals surface area contributed by atoms with Gasteiger partial charge < -0.3 is 10.1 Å². The first-order valence-corrected chi connectivity index (χ1v) is 4.32. The van der Waals surface area contributed by atoms with E-state index in [0.29, 0.717) is 6.61 Å². The Morgan fingerprint density at radius 2 is 1.92 bits per heavy atom. The monoisotopic (exact) mass is 187 g/mol. The summed E-state index contributed by atoms with van der Waals surface area (Å²) in [6, 6.07) is 0. The third-order valence-electron chi connectivity index (χ3n) is 1.41. The summed E-state index contributed by atoms with van der Waals surface area (Å²) in [6.07, 6.45) is 0.195. The first-order valence-electron chi connectivity index (χ1n) is 4.32. The highest BCUT2D eigenvalue weighted by molar-refractivity contribution is 5.76. The van der Waals surface area contributed by atoms with E-state index in [1.54, 1.807) is 20.8 Å². The molecule has 0 spiro atoms. The van der Waals surface area contributed by atoms with Crippen LogP contribution in [0, 0.1) is 0 Å². The van der Waals surface area contributed by atoms with Crippen molar-refractivity contribution in [3.05, 3.63) is 0 Å². The SMILES string of the molecule is CCOC(=O)CC(C)(C)NC(C)=O. The van der Waals surface area contributed by atoms with Gasteiger partial charge in [-0.15, -0.1) is 0 Å². The number of rotatable bonds is 4. The first-order chi connectivity index (χ1) is 5.87. The Bertz CT molecular complexity index is 199. The highest BCUT2D eigenvalue weighted by Gasteiger charge is 2.23. The van der Waals surface area contributed by atoms with Crippen LogP contribution in [-0.2, 0) is 14.3 Å². The van der Waals surface area contributed by atoms with Gasteiger partial charge in [-0.2, -0.15) is 0 Å². The molecule has 0 bridgehead atoms. The van der Waals surface area contributed by atoms with Crippen LogP contribution in [0.1, 0.15) is 34.1 Å². The number of nitrogens with one attached hydrogen (secondary N) is 1. The molecule has 1 amide bonds. The second-order valence-corrected chi connectivity index (χ2v) is 3.55. The average molecular weight is 187 g/mol. The van der Waals surface area contributed by atoms with E-state index in [-0.39, 0.29) is 18.3 Å². The van der Waals surface area contributed by atoms with Gasteiger partial charge in [-0.3, -0.25) is 9.59 Å². The summed E-state index contributed by atoms with van der Waals surface area (Å²) < 4.78 is 4.77. The van der Waals surface area contributed by atoms with Crippen molar-refractivity contribution in [1.29, 1.82) is 0 Å². The average Bonchev–Trinajstić information content (AvgIpc) is 1.81. The van der Waals surface area contributed by atoms with Crippen molar-refractivity contribution < 1.29 is 14.3 Å². The fourth-order valence-electron chi connectivity index (χ4n) is 1.09. The van der Waals surface area contributed by atoms with Gasteiger partial charge >= 0.3 is 5.97 Å². The summed E-state index contributed by atoms with van der Waals surface area (Å²) in [6.45, 7) is 7.11. The van der Waals surface area contributed by atoms with Crippen molar-refractivity contribution in [3.63, 3.8) is 0 Å². The highest BCUT2D eigenvalue weighted by Crippen LogP contribution is 2.08. The van der Waals surface area contributed by atoms with E-state index < -0.39 is 5.54 Å². The minimum Gasteiger partial charge on any atom is -0.466 e. The minimum atomic E-state index is -0.530. The lowest BCUT2D eigenvalue weighted by Gasteiger charge is -2.24. The molecule has 76 valence electrons. The van der Waals surface area contributed by atoms with Crippen LogP contribution < -0.4 is 5.32 Å². The Balaban J connectivity index is 4.00. The Morgan fingerprint density at radius 1 is 1.38 bits per heavy atom. The van der Waals surface area contributed by atoms with Crippen LogP contribution in [0.5, 0.6) is 0 Å². The Morgan fingerprint density at radius 3 is 2.31 bits per heavy atom. The van der Waals surface area contributed by atoms with Crippen molar-refractivity contribution in [2.24, 2.45) is 0 Å². The maximum atomic E-state index is 11.1. The predicted octanol–water partition coefficient (Wildman–Crippen LogP) is 0.854. The van der Waals surface area contributed by atoms with E-state index in [4.69, 9.17) is 4.74 Å². The molecule has 0 heterocycles. The van der Waals surface area contributed by atoms with Gasteiger partial charge in [-0.05, 0) is 20.8 Å². The Kier molecular flexibility index (Phi) is 4.45. The molecule has 0 radical (unpaired) electrons. The topological polar surface area (TPSA) is 55.4 Å². The van der Waals surface area contributed by atoms with Crippen LogP contribution in [0.2, 0.25) is 0 Å². The Hall–Kier alpha value is -1.06. The number of hydrogen-bond donors (Lipinski definition) is 1.